The zero-order valence-corrected chi connectivity index (χ0v) is 15.5. The number of hydrogen-bond donors (Lipinski definition) is 1. The molecule has 2 aliphatic rings. The lowest BCUT2D eigenvalue weighted by atomic mass is 9.78. The van der Waals surface area contributed by atoms with Crippen LogP contribution in [0.5, 0.6) is 0 Å². The van der Waals surface area contributed by atoms with Crippen LogP contribution in [-0.2, 0) is 4.79 Å². The molecular weight excluding hydrogens is 378 g/mol. The molecule has 1 aliphatic carbocycles. The molecule has 25 heavy (non-hydrogen) atoms. The Bertz CT molecular complexity index is 983. The van der Waals surface area contributed by atoms with E-state index in [0.29, 0.717) is 16.7 Å². The summed E-state index contributed by atoms with van der Waals surface area (Å²) in [6, 6.07) is 15.4. The molecular formula is C21H16BrNO2. The zero-order chi connectivity index (χ0) is 17.7. The normalized spacial score (nSPS) is 18.8. The van der Waals surface area contributed by atoms with Gasteiger partial charge in [-0.25, -0.2) is 0 Å². The minimum Gasteiger partial charge on any atom is -0.358 e. The van der Waals surface area contributed by atoms with E-state index in [9.17, 15) is 9.59 Å². The van der Waals surface area contributed by atoms with Crippen LogP contribution in [0.25, 0.3) is 5.70 Å². The number of ketones is 2. The quantitative estimate of drug-likeness (QED) is 0.810. The Morgan fingerprint density at radius 3 is 2.32 bits per heavy atom. The molecule has 1 atom stereocenters. The van der Waals surface area contributed by atoms with Crippen LogP contribution in [0, 0.1) is 0 Å². The van der Waals surface area contributed by atoms with Crippen molar-refractivity contribution < 1.29 is 9.59 Å². The summed E-state index contributed by atoms with van der Waals surface area (Å²) in [5, 5.41) is 3.32. The largest absolute Gasteiger partial charge is 0.358 e. The van der Waals surface area contributed by atoms with Crippen LogP contribution >= 0.6 is 15.9 Å². The molecule has 1 unspecified atom stereocenters. The number of halogens is 1. The summed E-state index contributed by atoms with van der Waals surface area (Å²) in [5.41, 5.74) is 5.51. The number of hydrogen-bond acceptors (Lipinski definition) is 3. The molecule has 0 radical (unpaired) electrons. The third-order valence-electron chi connectivity index (χ3n) is 4.83. The average molecular weight is 394 g/mol. The summed E-state index contributed by atoms with van der Waals surface area (Å²) in [6.07, 6.45) is 0. The van der Waals surface area contributed by atoms with E-state index in [-0.39, 0.29) is 17.5 Å². The molecule has 0 amide bonds. The van der Waals surface area contributed by atoms with Gasteiger partial charge in [0.25, 0.3) is 0 Å². The van der Waals surface area contributed by atoms with Crippen LogP contribution < -0.4 is 5.32 Å². The number of fused-ring (bicyclic) bond motifs is 2. The highest BCUT2D eigenvalue weighted by atomic mass is 79.9. The monoisotopic (exact) mass is 393 g/mol. The number of carbonyl (C=O) groups is 2. The fourth-order valence-corrected chi connectivity index (χ4v) is 4.05. The van der Waals surface area contributed by atoms with Gasteiger partial charge in [-0.1, -0.05) is 52.3 Å². The van der Waals surface area contributed by atoms with Gasteiger partial charge in [0, 0.05) is 38.4 Å². The van der Waals surface area contributed by atoms with Gasteiger partial charge in [0.2, 0.25) is 0 Å². The molecule has 0 spiro atoms. The first-order valence-corrected chi connectivity index (χ1v) is 8.90. The maximum absolute atomic E-state index is 13.1. The van der Waals surface area contributed by atoms with Gasteiger partial charge >= 0.3 is 0 Å². The molecule has 0 bridgehead atoms. The summed E-state index contributed by atoms with van der Waals surface area (Å²) in [7, 11) is 0. The molecule has 1 heterocycles. The van der Waals surface area contributed by atoms with Gasteiger partial charge < -0.3 is 5.32 Å². The van der Waals surface area contributed by atoms with Gasteiger partial charge in [-0.15, -0.1) is 0 Å². The van der Waals surface area contributed by atoms with Crippen molar-refractivity contribution in [3.8, 4) is 0 Å². The highest BCUT2D eigenvalue weighted by Crippen LogP contribution is 2.46. The lowest BCUT2D eigenvalue weighted by Crippen LogP contribution is -2.27. The number of Topliss-reactive ketones (excluding diaryl/α,β-unsaturated/α-hetero) is 2. The standard InChI is InChI=1S/C21H16BrNO2/c1-11-17(12(2)24)18(13-7-9-14(22)10-8-13)19-20(23-11)15-5-3-4-6-16(15)21(19)25/h3-10,18,23H,1-2H3. The summed E-state index contributed by atoms with van der Waals surface area (Å²) >= 11 is 3.45. The molecule has 4 rings (SSSR count). The Morgan fingerprint density at radius 2 is 1.68 bits per heavy atom. The van der Waals surface area contributed by atoms with Gasteiger partial charge in [-0.2, -0.15) is 0 Å². The van der Waals surface area contributed by atoms with Gasteiger partial charge in [0.15, 0.2) is 11.6 Å². The van der Waals surface area contributed by atoms with Crippen molar-refractivity contribution in [2.75, 3.05) is 0 Å². The Kier molecular flexibility index (Phi) is 3.73. The van der Waals surface area contributed by atoms with E-state index in [1.165, 1.54) is 0 Å². The van der Waals surface area contributed by atoms with E-state index in [2.05, 4.69) is 21.2 Å². The highest BCUT2D eigenvalue weighted by Gasteiger charge is 2.41. The molecule has 4 heteroatoms. The van der Waals surface area contributed by atoms with E-state index in [1.807, 2.05) is 55.5 Å². The molecule has 0 fully saturated rings. The van der Waals surface area contributed by atoms with E-state index in [4.69, 9.17) is 0 Å². The van der Waals surface area contributed by atoms with Crippen molar-refractivity contribution >= 4 is 33.2 Å². The number of rotatable bonds is 2. The van der Waals surface area contributed by atoms with E-state index >= 15 is 0 Å². The first-order chi connectivity index (χ1) is 12.0. The zero-order valence-electron chi connectivity index (χ0n) is 13.9. The first-order valence-electron chi connectivity index (χ1n) is 8.11. The lowest BCUT2D eigenvalue weighted by molar-refractivity contribution is -0.113. The lowest BCUT2D eigenvalue weighted by Gasteiger charge is -2.29. The molecule has 1 N–H and O–H groups in total. The minimum atomic E-state index is -0.346. The highest BCUT2D eigenvalue weighted by molar-refractivity contribution is 9.10. The third kappa shape index (κ3) is 2.40. The topological polar surface area (TPSA) is 46.2 Å². The third-order valence-corrected chi connectivity index (χ3v) is 5.36. The Labute approximate surface area is 154 Å². The van der Waals surface area contributed by atoms with Crippen LogP contribution in [0.2, 0.25) is 0 Å². The molecule has 2 aromatic carbocycles. The molecule has 1 aliphatic heterocycles. The molecule has 2 aromatic rings. The molecule has 0 saturated carbocycles. The van der Waals surface area contributed by atoms with Crippen molar-refractivity contribution in [1.29, 1.82) is 0 Å². The molecule has 0 aromatic heterocycles. The van der Waals surface area contributed by atoms with E-state index in [0.717, 1.165) is 27.0 Å². The van der Waals surface area contributed by atoms with Gasteiger partial charge in [-0.3, -0.25) is 9.59 Å². The summed E-state index contributed by atoms with van der Waals surface area (Å²) < 4.78 is 0.963. The SMILES string of the molecule is CC(=O)C1=C(C)NC2=C(C(=O)c3ccccc32)C1c1ccc(Br)cc1. The second-order valence-corrected chi connectivity index (χ2v) is 7.28. The van der Waals surface area contributed by atoms with E-state index < -0.39 is 0 Å². The van der Waals surface area contributed by atoms with Crippen LogP contribution in [0.3, 0.4) is 0 Å². The number of carbonyl (C=O) groups excluding carboxylic acids is 2. The van der Waals surface area contributed by atoms with Crippen molar-refractivity contribution in [2.24, 2.45) is 0 Å². The van der Waals surface area contributed by atoms with Crippen molar-refractivity contribution in [3.05, 3.63) is 86.5 Å². The Hall–Kier alpha value is -2.46. The molecule has 124 valence electrons. The number of allylic oxidation sites excluding steroid dienone is 3. The van der Waals surface area contributed by atoms with Gasteiger partial charge in [0.1, 0.15) is 0 Å². The summed E-state index contributed by atoms with van der Waals surface area (Å²) in [4.78, 5) is 25.5. The predicted molar refractivity (Wildman–Crippen MR) is 101 cm³/mol. The van der Waals surface area contributed by atoms with Crippen LogP contribution in [0.15, 0.2) is 69.8 Å². The molecule has 0 saturated heterocycles. The number of dihydropyridines is 1. The maximum atomic E-state index is 13.1. The number of benzene rings is 2. The minimum absolute atomic E-state index is 0.00253. The summed E-state index contributed by atoms with van der Waals surface area (Å²) in [6.45, 7) is 3.46. The Balaban J connectivity index is 1.96. The van der Waals surface area contributed by atoms with Gasteiger partial charge in [-0.05, 0) is 31.5 Å². The maximum Gasteiger partial charge on any atom is 0.192 e. The smallest absolute Gasteiger partial charge is 0.192 e. The second kappa shape index (κ2) is 5.81. The predicted octanol–water partition coefficient (Wildman–Crippen LogP) is 4.61. The summed E-state index contributed by atoms with van der Waals surface area (Å²) in [5.74, 6) is -0.368. The average Bonchev–Trinajstić information content (AvgIpc) is 2.87. The first kappa shape index (κ1) is 16.0. The van der Waals surface area contributed by atoms with Crippen LogP contribution in [-0.4, -0.2) is 11.6 Å². The fraction of sp³-hybridized carbons (Fsp3) is 0.143. The fourth-order valence-electron chi connectivity index (χ4n) is 3.78. The van der Waals surface area contributed by atoms with Gasteiger partial charge in [0.05, 0.1) is 5.70 Å². The number of nitrogens with one attached hydrogen (secondary N) is 1. The molecule has 3 nitrogen and oxygen atoms in total. The Morgan fingerprint density at radius 1 is 1.04 bits per heavy atom. The van der Waals surface area contributed by atoms with Crippen molar-refractivity contribution in [2.45, 2.75) is 19.8 Å². The second-order valence-electron chi connectivity index (χ2n) is 6.37. The van der Waals surface area contributed by atoms with Crippen molar-refractivity contribution in [3.63, 3.8) is 0 Å². The van der Waals surface area contributed by atoms with E-state index in [1.54, 1.807) is 6.92 Å². The van der Waals surface area contributed by atoms with Crippen LogP contribution in [0.4, 0.5) is 0 Å². The van der Waals surface area contributed by atoms with Crippen molar-refractivity contribution in [1.82, 2.24) is 5.32 Å². The van der Waals surface area contributed by atoms with Crippen LogP contribution in [0.1, 0.15) is 41.3 Å².